The van der Waals surface area contributed by atoms with Crippen molar-refractivity contribution in [2.75, 3.05) is 0 Å². The zero-order chi connectivity index (χ0) is 13.1. The molecule has 3 rings (SSSR count). The van der Waals surface area contributed by atoms with Crippen molar-refractivity contribution in [3.8, 4) is 5.69 Å². The first-order chi connectivity index (χ1) is 9.34. The predicted molar refractivity (Wildman–Crippen MR) is 74.1 cm³/mol. The molecule has 1 atom stereocenters. The lowest BCUT2D eigenvalue weighted by Gasteiger charge is -2.12. The number of aliphatic hydroxyl groups is 1. The van der Waals surface area contributed by atoms with Gasteiger partial charge in [-0.1, -0.05) is 42.5 Å². The number of imidazole rings is 1. The molecule has 1 aromatic heterocycles. The summed E-state index contributed by atoms with van der Waals surface area (Å²) in [5.41, 5.74) is 2.81. The van der Waals surface area contributed by atoms with Gasteiger partial charge in [-0.05, 0) is 23.3 Å². The molecule has 0 aliphatic carbocycles. The van der Waals surface area contributed by atoms with E-state index >= 15 is 0 Å². The van der Waals surface area contributed by atoms with E-state index in [1.807, 2.05) is 65.4 Å². The second-order valence-corrected chi connectivity index (χ2v) is 4.37. The predicted octanol–water partition coefficient (Wildman–Crippen LogP) is 2.95. The van der Waals surface area contributed by atoms with Crippen LogP contribution >= 0.6 is 0 Å². The lowest BCUT2D eigenvalue weighted by molar-refractivity contribution is 0.220. The van der Waals surface area contributed by atoms with Crippen molar-refractivity contribution < 1.29 is 5.11 Å². The van der Waals surface area contributed by atoms with Crippen LogP contribution in [-0.4, -0.2) is 14.7 Å². The molecule has 3 heteroatoms. The summed E-state index contributed by atoms with van der Waals surface area (Å²) in [5.74, 6) is 0. The van der Waals surface area contributed by atoms with E-state index in [1.54, 1.807) is 12.5 Å². The van der Waals surface area contributed by atoms with E-state index in [2.05, 4.69) is 4.98 Å². The topological polar surface area (TPSA) is 38.0 Å². The zero-order valence-corrected chi connectivity index (χ0v) is 10.3. The number of hydrogen-bond donors (Lipinski definition) is 1. The van der Waals surface area contributed by atoms with Gasteiger partial charge in [-0.15, -0.1) is 0 Å². The first kappa shape index (κ1) is 11.7. The third-order valence-corrected chi connectivity index (χ3v) is 3.13. The Balaban J connectivity index is 1.87. The standard InChI is InChI=1S/C16H14N2O/c19-16(13-4-2-1-3-5-13)14-6-8-15(9-7-14)18-11-10-17-12-18/h1-12,16,19H. The fourth-order valence-electron chi connectivity index (χ4n) is 2.07. The Morgan fingerprint density at radius 3 is 2.21 bits per heavy atom. The molecule has 0 radical (unpaired) electrons. The van der Waals surface area contributed by atoms with E-state index in [0.29, 0.717) is 0 Å². The van der Waals surface area contributed by atoms with Gasteiger partial charge in [-0.2, -0.15) is 0 Å². The van der Waals surface area contributed by atoms with Crippen LogP contribution in [0.5, 0.6) is 0 Å². The fraction of sp³-hybridized carbons (Fsp3) is 0.0625. The number of aliphatic hydroxyl groups excluding tert-OH is 1. The van der Waals surface area contributed by atoms with E-state index in [9.17, 15) is 5.11 Å². The van der Waals surface area contributed by atoms with Crippen molar-refractivity contribution in [3.05, 3.63) is 84.4 Å². The molecule has 0 aliphatic heterocycles. The van der Waals surface area contributed by atoms with Crippen molar-refractivity contribution in [2.24, 2.45) is 0 Å². The van der Waals surface area contributed by atoms with Gasteiger partial charge in [0.2, 0.25) is 0 Å². The summed E-state index contributed by atoms with van der Waals surface area (Å²) in [6.45, 7) is 0. The Morgan fingerprint density at radius 1 is 0.895 bits per heavy atom. The van der Waals surface area contributed by atoms with E-state index < -0.39 is 6.10 Å². The summed E-state index contributed by atoms with van der Waals surface area (Å²) in [5, 5.41) is 10.3. The second kappa shape index (κ2) is 5.08. The van der Waals surface area contributed by atoms with Crippen LogP contribution in [0.3, 0.4) is 0 Å². The van der Waals surface area contributed by atoms with Gasteiger partial charge in [0.25, 0.3) is 0 Å². The Morgan fingerprint density at radius 2 is 1.58 bits per heavy atom. The zero-order valence-electron chi connectivity index (χ0n) is 10.3. The molecule has 3 aromatic rings. The number of nitrogens with zero attached hydrogens (tertiary/aromatic N) is 2. The number of rotatable bonds is 3. The summed E-state index contributed by atoms with van der Waals surface area (Å²) in [7, 11) is 0. The maximum Gasteiger partial charge on any atom is 0.104 e. The molecule has 0 bridgehead atoms. The summed E-state index contributed by atoms with van der Waals surface area (Å²) < 4.78 is 1.93. The van der Waals surface area contributed by atoms with Gasteiger partial charge in [-0.25, -0.2) is 4.98 Å². The molecule has 2 aromatic carbocycles. The van der Waals surface area contributed by atoms with Gasteiger partial charge in [-0.3, -0.25) is 0 Å². The molecule has 0 saturated carbocycles. The van der Waals surface area contributed by atoms with Crippen LogP contribution in [0.4, 0.5) is 0 Å². The van der Waals surface area contributed by atoms with Crippen molar-refractivity contribution in [1.29, 1.82) is 0 Å². The first-order valence-corrected chi connectivity index (χ1v) is 6.16. The highest BCUT2D eigenvalue weighted by atomic mass is 16.3. The summed E-state index contributed by atoms with van der Waals surface area (Å²) in [6.07, 6.45) is 4.80. The highest BCUT2D eigenvalue weighted by Gasteiger charge is 2.09. The third kappa shape index (κ3) is 2.41. The average molecular weight is 250 g/mol. The van der Waals surface area contributed by atoms with E-state index in [4.69, 9.17) is 0 Å². The number of hydrogen-bond acceptors (Lipinski definition) is 2. The number of benzene rings is 2. The highest BCUT2D eigenvalue weighted by Crippen LogP contribution is 2.22. The van der Waals surface area contributed by atoms with Crippen molar-refractivity contribution in [1.82, 2.24) is 9.55 Å². The van der Waals surface area contributed by atoms with Crippen LogP contribution in [0.15, 0.2) is 73.3 Å². The van der Waals surface area contributed by atoms with E-state index in [-0.39, 0.29) is 0 Å². The molecule has 1 N–H and O–H groups in total. The van der Waals surface area contributed by atoms with Crippen LogP contribution in [-0.2, 0) is 0 Å². The average Bonchev–Trinajstić information content (AvgIpc) is 3.02. The smallest absolute Gasteiger partial charge is 0.104 e. The molecule has 94 valence electrons. The fourth-order valence-corrected chi connectivity index (χ4v) is 2.07. The molecule has 0 fully saturated rings. The van der Waals surface area contributed by atoms with Gasteiger partial charge >= 0.3 is 0 Å². The molecule has 3 nitrogen and oxygen atoms in total. The monoisotopic (exact) mass is 250 g/mol. The van der Waals surface area contributed by atoms with Gasteiger partial charge < -0.3 is 9.67 Å². The Labute approximate surface area is 111 Å². The Bertz CT molecular complexity index is 630. The SMILES string of the molecule is OC(c1ccccc1)c1ccc(-n2ccnc2)cc1. The normalized spacial score (nSPS) is 12.3. The first-order valence-electron chi connectivity index (χ1n) is 6.16. The molecular formula is C16H14N2O. The van der Waals surface area contributed by atoms with Crippen LogP contribution < -0.4 is 0 Å². The molecule has 1 heterocycles. The molecule has 0 spiro atoms. The van der Waals surface area contributed by atoms with Gasteiger partial charge in [0.1, 0.15) is 6.10 Å². The molecule has 0 saturated heterocycles. The van der Waals surface area contributed by atoms with Crippen LogP contribution in [0, 0.1) is 0 Å². The minimum atomic E-state index is -0.585. The largest absolute Gasteiger partial charge is 0.384 e. The second-order valence-electron chi connectivity index (χ2n) is 4.37. The summed E-state index contributed by atoms with van der Waals surface area (Å²) in [4.78, 5) is 4.02. The minimum absolute atomic E-state index is 0.585. The maximum absolute atomic E-state index is 10.3. The lowest BCUT2D eigenvalue weighted by Crippen LogP contribution is -1.99. The minimum Gasteiger partial charge on any atom is -0.384 e. The van der Waals surface area contributed by atoms with Crippen molar-refractivity contribution in [2.45, 2.75) is 6.10 Å². The number of aromatic nitrogens is 2. The lowest BCUT2D eigenvalue weighted by atomic mass is 10.0. The Hall–Kier alpha value is -2.39. The molecule has 19 heavy (non-hydrogen) atoms. The molecule has 0 aliphatic rings. The van der Waals surface area contributed by atoms with Crippen LogP contribution in [0.1, 0.15) is 17.2 Å². The highest BCUT2D eigenvalue weighted by molar-refractivity contribution is 5.38. The summed E-state index contributed by atoms with van der Waals surface area (Å²) in [6, 6.07) is 17.5. The van der Waals surface area contributed by atoms with Crippen LogP contribution in [0.2, 0.25) is 0 Å². The van der Waals surface area contributed by atoms with Crippen molar-refractivity contribution >= 4 is 0 Å². The van der Waals surface area contributed by atoms with E-state index in [0.717, 1.165) is 16.8 Å². The van der Waals surface area contributed by atoms with Gasteiger partial charge in [0, 0.05) is 18.1 Å². The molecular weight excluding hydrogens is 236 g/mol. The quantitative estimate of drug-likeness (QED) is 0.776. The Kier molecular flexibility index (Phi) is 3.12. The van der Waals surface area contributed by atoms with Crippen molar-refractivity contribution in [3.63, 3.8) is 0 Å². The van der Waals surface area contributed by atoms with Gasteiger partial charge in [0.15, 0.2) is 0 Å². The molecule has 1 unspecified atom stereocenters. The molecule has 0 amide bonds. The van der Waals surface area contributed by atoms with E-state index in [1.165, 1.54) is 0 Å². The van der Waals surface area contributed by atoms with Gasteiger partial charge in [0.05, 0.1) is 6.33 Å². The third-order valence-electron chi connectivity index (χ3n) is 3.13. The van der Waals surface area contributed by atoms with Crippen LogP contribution in [0.25, 0.3) is 5.69 Å². The summed E-state index contributed by atoms with van der Waals surface area (Å²) >= 11 is 0. The maximum atomic E-state index is 10.3.